The molecule has 0 radical (unpaired) electrons. The van der Waals surface area contributed by atoms with Crippen LogP contribution < -0.4 is 5.32 Å². The van der Waals surface area contributed by atoms with Gasteiger partial charge in [0, 0.05) is 31.5 Å². The summed E-state index contributed by atoms with van der Waals surface area (Å²) in [7, 11) is 1.90. The monoisotopic (exact) mass is 310 g/mol. The molecule has 2 unspecified atom stereocenters. The van der Waals surface area contributed by atoms with Crippen LogP contribution in [-0.2, 0) is 4.79 Å². The number of hydrogen-bond acceptors (Lipinski definition) is 2. The Bertz CT molecular complexity index is 424. The minimum atomic E-state index is 0. The van der Waals surface area contributed by atoms with Crippen molar-refractivity contribution in [3.63, 3.8) is 0 Å². The molecule has 3 nitrogen and oxygen atoms in total. The molecule has 4 heteroatoms. The van der Waals surface area contributed by atoms with Crippen LogP contribution in [0.2, 0.25) is 0 Å². The third-order valence-electron chi connectivity index (χ3n) is 4.34. The van der Waals surface area contributed by atoms with Gasteiger partial charge in [0.2, 0.25) is 5.91 Å². The molecule has 1 aliphatic heterocycles. The Morgan fingerprint density at radius 1 is 1.38 bits per heavy atom. The predicted molar refractivity (Wildman–Crippen MR) is 90.0 cm³/mol. The number of benzene rings is 1. The SMILES string of the molecule is CCC(c1ccccc1)C1CCCN1C(=O)CCNC.Cl. The molecule has 1 saturated heterocycles. The average Bonchev–Trinajstić information content (AvgIpc) is 2.96. The van der Waals surface area contributed by atoms with Crippen LogP contribution in [0.25, 0.3) is 0 Å². The molecular weight excluding hydrogens is 284 g/mol. The second-order valence-electron chi connectivity index (χ2n) is 5.58. The zero-order chi connectivity index (χ0) is 14.4. The maximum absolute atomic E-state index is 12.4. The van der Waals surface area contributed by atoms with E-state index >= 15 is 0 Å². The molecule has 1 N–H and O–H groups in total. The Labute approximate surface area is 134 Å². The lowest BCUT2D eigenvalue weighted by Gasteiger charge is -2.31. The summed E-state index contributed by atoms with van der Waals surface area (Å²) in [4.78, 5) is 14.5. The number of nitrogens with zero attached hydrogens (tertiary/aromatic N) is 1. The number of carbonyl (C=O) groups excluding carboxylic acids is 1. The van der Waals surface area contributed by atoms with Gasteiger partial charge in [-0.05, 0) is 31.9 Å². The van der Waals surface area contributed by atoms with Crippen LogP contribution in [-0.4, -0.2) is 37.0 Å². The topological polar surface area (TPSA) is 32.3 Å². The lowest BCUT2D eigenvalue weighted by Crippen LogP contribution is -2.40. The Hall–Kier alpha value is -1.06. The van der Waals surface area contributed by atoms with E-state index in [1.165, 1.54) is 5.56 Å². The lowest BCUT2D eigenvalue weighted by atomic mass is 9.87. The predicted octanol–water partition coefficient (Wildman–Crippen LogP) is 3.20. The average molecular weight is 311 g/mol. The quantitative estimate of drug-likeness (QED) is 0.875. The number of likely N-dealkylation sites (tertiary alicyclic amines) is 1. The van der Waals surface area contributed by atoms with Crippen LogP contribution in [0, 0.1) is 0 Å². The molecule has 1 aliphatic rings. The van der Waals surface area contributed by atoms with Crippen molar-refractivity contribution in [1.29, 1.82) is 0 Å². The summed E-state index contributed by atoms with van der Waals surface area (Å²) in [6.45, 7) is 3.92. The van der Waals surface area contributed by atoms with Crippen LogP contribution in [0.1, 0.15) is 44.1 Å². The number of halogens is 1. The van der Waals surface area contributed by atoms with Crippen LogP contribution in [0.5, 0.6) is 0 Å². The second kappa shape index (κ2) is 9.06. The minimum absolute atomic E-state index is 0. The molecule has 0 spiro atoms. The van der Waals surface area contributed by atoms with Gasteiger partial charge >= 0.3 is 0 Å². The third-order valence-corrected chi connectivity index (χ3v) is 4.34. The zero-order valence-corrected chi connectivity index (χ0v) is 13.9. The van der Waals surface area contributed by atoms with Crippen molar-refractivity contribution in [3.8, 4) is 0 Å². The van der Waals surface area contributed by atoms with E-state index in [0.29, 0.717) is 24.3 Å². The number of nitrogens with one attached hydrogen (secondary N) is 1. The Kier molecular flexibility index (Phi) is 7.76. The van der Waals surface area contributed by atoms with Crippen molar-refractivity contribution in [2.75, 3.05) is 20.1 Å². The largest absolute Gasteiger partial charge is 0.339 e. The molecule has 1 heterocycles. The van der Waals surface area contributed by atoms with Crippen molar-refractivity contribution in [3.05, 3.63) is 35.9 Å². The van der Waals surface area contributed by atoms with Gasteiger partial charge in [-0.2, -0.15) is 0 Å². The fourth-order valence-electron chi connectivity index (χ4n) is 3.33. The molecule has 2 atom stereocenters. The van der Waals surface area contributed by atoms with Gasteiger partial charge in [-0.1, -0.05) is 37.3 Å². The highest BCUT2D eigenvalue weighted by molar-refractivity contribution is 5.85. The number of amides is 1. The highest BCUT2D eigenvalue weighted by Gasteiger charge is 2.34. The van der Waals surface area contributed by atoms with Gasteiger partial charge in [0.1, 0.15) is 0 Å². The summed E-state index contributed by atoms with van der Waals surface area (Å²) >= 11 is 0. The van der Waals surface area contributed by atoms with E-state index in [1.807, 2.05) is 7.05 Å². The minimum Gasteiger partial charge on any atom is -0.339 e. The van der Waals surface area contributed by atoms with Crippen LogP contribution >= 0.6 is 12.4 Å². The van der Waals surface area contributed by atoms with Crippen LogP contribution in [0.15, 0.2) is 30.3 Å². The molecule has 2 rings (SSSR count). The Morgan fingerprint density at radius 2 is 2.10 bits per heavy atom. The molecular formula is C17H27ClN2O. The molecule has 0 bridgehead atoms. The van der Waals surface area contributed by atoms with Gasteiger partial charge in [-0.15, -0.1) is 12.4 Å². The molecule has 0 aliphatic carbocycles. The van der Waals surface area contributed by atoms with E-state index in [1.54, 1.807) is 0 Å². The molecule has 21 heavy (non-hydrogen) atoms. The normalized spacial score (nSPS) is 19.1. The smallest absolute Gasteiger partial charge is 0.224 e. The highest BCUT2D eigenvalue weighted by Crippen LogP contribution is 2.33. The summed E-state index contributed by atoms with van der Waals surface area (Å²) in [5.74, 6) is 0.772. The van der Waals surface area contributed by atoms with Crippen molar-refractivity contribution < 1.29 is 4.79 Å². The standard InChI is InChI=1S/C17H26N2O.ClH/c1-3-15(14-8-5-4-6-9-14)16-10-7-13-19(16)17(20)11-12-18-2;/h4-6,8-9,15-16,18H,3,7,10-13H2,1-2H3;1H. The van der Waals surface area contributed by atoms with E-state index in [9.17, 15) is 4.79 Å². The summed E-state index contributed by atoms with van der Waals surface area (Å²) in [5.41, 5.74) is 1.37. The lowest BCUT2D eigenvalue weighted by molar-refractivity contribution is -0.132. The van der Waals surface area contributed by atoms with E-state index in [0.717, 1.165) is 32.4 Å². The number of hydrogen-bond donors (Lipinski definition) is 1. The van der Waals surface area contributed by atoms with Gasteiger partial charge in [0.15, 0.2) is 0 Å². The van der Waals surface area contributed by atoms with E-state index < -0.39 is 0 Å². The van der Waals surface area contributed by atoms with Gasteiger partial charge < -0.3 is 10.2 Å². The van der Waals surface area contributed by atoms with Crippen molar-refractivity contribution in [1.82, 2.24) is 10.2 Å². The Morgan fingerprint density at radius 3 is 2.71 bits per heavy atom. The summed E-state index contributed by atoms with van der Waals surface area (Å²) in [6.07, 6.45) is 3.97. The number of rotatable bonds is 6. The van der Waals surface area contributed by atoms with Gasteiger partial charge in [-0.3, -0.25) is 4.79 Å². The third kappa shape index (κ3) is 4.45. The summed E-state index contributed by atoms with van der Waals surface area (Å²) < 4.78 is 0. The zero-order valence-electron chi connectivity index (χ0n) is 13.0. The Balaban J connectivity index is 0.00000220. The maximum Gasteiger partial charge on any atom is 0.224 e. The van der Waals surface area contributed by atoms with E-state index in [-0.39, 0.29) is 12.4 Å². The first-order valence-electron chi connectivity index (χ1n) is 7.77. The van der Waals surface area contributed by atoms with Crippen LogP contribution in [0.3, 0.4) is 0 Å². The van der Waals surface area contributed by atoms with E-state index in [2.05, 4.69) is 47.5 Å². The molecule has 1 amide bonds. The fourth-order valence-corrected chi connectivity index (χ4v) is 3.33. The molecule has 1 aromatic carbocycles. The fraction of sp³-hybridized carbons (Fsp3) is 0.588. The van der Waals surface area contributed by atoms with Crippen LogP contribution in [0.4, 0.5) is 0 Å². The molecule has 118 valence electrons. The van der Waals surface area contributed by atoms with Gasteiger partial charge in [-0.25, -0.2) is 0 Å². The molecule has 0 saturated carbocycles. The molecule has 0 aromatic heterocycles. The summed E-state index contributed by atoms with van der Waals surface area (Å²) in [5, 5.41) is 3.06. The first-order valence-corrected chi connectivity index (χ1v) is 7.77. The number of carbonyl (C=O) groups is 1. The highest BCUT2D eigenvalue weighted by atomic mass is 35.5. The van der Waals surface area contributed by atoms with Crippen molar-refractivity contribution >= 4 is 18.3 Å². The first-order chi connectivity index (χ1) is 9.77. The summed E-state index contributed by atoms with van der Waals surface area (Å²) in [6, 6.07) is 11.0. The maximum atomic E-state index is 12.4. The van der Waals surface area contributed by atoms with E-state index in [4.69, 9.17) is 0 Å². The molecule has 1 aromatic rings. The van der Waals surface area contributed by atoms with Gasteiger partial charge in [0.25, 0.3) is 0 Å². The van der Waals surface area contributed by atoms with Crippen molar-refractivity contribution in [2.24, 2.45) is 0 Å². The second-order valence-corrected chi connectivity index (χ2v) is 5.58. The van der Waals surface area contributed by atoms with Crippen molar-refractivity contribution in [2.45, 2.75) is 44.6 Å². The first kappa shape index (κ1) is 18.0. The van der Waals surface area contributed by atoms with Gasteiger partial charge in [0.05, 0.1) is 0 Å². The molecule has 1 fully saturated rings.